The van der Waals surface area contributed by atoms with E-state index in [2.05, 4.69) is 25.4 Å². The fourth-order valence-electron chi connectivity index (χ4n) is 3.18. The van der Waals surface area contributed by atoms with Gasteiger partial charge in [0.05, 0.1) is 23.9 Å². The molecule has 9 nitrogen and oxygen atoms in total. The molecule has 0 spiro atoms. The second-order valence-electron chi connectivity index (χ2n) is 6.27. The number of fused-ring (bicyclic) bond motifs is 1. The smallest absolute Gasteiger partial charge is 0.322 e. The third-order valence-electron chi connectivity index (χ3n) is 4.54. The summed E-state index contributed by atoms with van der Waals surface area (Å²) < 4.78 is 6.78. The molecule has 1 N–H and O–H groups in total. The molecule has 4 rings (SSSR count). The van der Waals surface area contributed by atoms with Gasteiger partial charge in [-0.3, -0.25) is 4.90 Å². The Bertz CT molecular complexity index is 1010. The van der Waals surface area contributed by atoms with E-state index in [0.29, 0.717) is 29.1 Å². The quantitative estimate of drug-likeness (QED) is 0.724. The highest BCUT2D eigenvalue weighted by Crippen LogP contribution is 2.37. The summed E-state index contributed by atoms with van der Waals surface area (Å²) >= 11 is 6.19. The lowest BCUT2D eigenvalue weighted by atomic mass is 10.1. The Hall–Kier alpha value is -3.20. The molecule has 3 aromatic rings. The van der Waals surface area contributed by atoms with Crippen LogP contribution >= 0.6 is 11.6 Å². The Morgan fingerprint density at radius 1 is 1.29 bits per heavy atom. The first-order valence-electron chi connectivity index (χ1n) is 8.70. The average Bonchev–Trinajstić information content (AvgIpc) is 3.35. The molecule has 144 valence electrons. The van der Waals surface area contributed by atoms with Crippen LogP contribution in [-0.2, 0) is 6.42 Å². The maximum absolute atomic E-state index is 12.9. The number of benzene rings is 1. The lowest BCUT2D eigenvalue weighted by Gasteiger charge is -2.21. The number of anilines is 1. The predicted molar refractivity (Wildman–Crippen MR) is 103 cm³/mol. The van der Waals surface area contributed by atoms with E-state index in [4.69, 9.17) is 16.3 Å². The first kappa shape index (κ1) is 18.2. The summed E-state index contributed by atoms with van der Waals surface area (Å²) in [6.07, 6.45) is 5.38. The van der Waals surface area contributed by atoms with E-state index < -0.39 is 6.04 Å². The van der Waals surface area contributed by atoms with E-state index >= 15 is 0 Å². The van der Waals surface area contributed by atoms with Crippen molar-refractivity contribution in [3.05, 3.63) is 53.3 Å². The van der Waals surface area contributed by atoms with Gasteiger partial charge in [0.1, 0.15) is 12.1 Å². The Morgan fingerprint density at radius 3 is 2.82 bits per heavy atom. The van der Waals surface area contributed by atoms with Gasteiger partial charge >= 0.3 is 6.03 Å². The highest BCUT2D eigenvalue weighted by atomic mass is 35.5. The van der Waals surface area contributed by atoms with E-state index in [1.807, 2.05) is 13.0 Å². The van der Waals surface area contributed by atoms with Crippen molar-refractivity contribution in [3.8, 4) is 11.7 Å². The van der Waals surface area contributed by atoms with Gasteiger partial charge in [-0.15, -0.1) is 0 Å². The van der Waals surface area contributed by atoms with Crippen LogP contribution in [0, 0.1) is 0 Å². The van der Waals surface area contributed by atoms with Crippen LogP contribution in [0.4, 0.5) is 10.5 Å². The Labute approximate surface area is 166 Å². The minimum Gasteiger partial charge on any atom is -0.495 e. The summed E-state index contributed by atoms with van der Waals surface area (Å²) in [5.74, 6) is 1.46. The van der Waals surface area contributed by atoms with Crippen molar-refractivity contribution >= 4 is 23.3 Å². The van der Waals surface area contributed by atoms with Crippen LogP contribution in [0.5, 0.6) is 5.75 Å². The van der Waals surface area contributed by atoms with Crippen LogP contribution in [-0.4, -0.2) is 44.4 Å². The van der Waals surface area contributed by atoms with E-state index in [9.17, 15) is 4.79 Å². The summed E-state index contributed by atoms with van der Waals surface area (Å²) in [7, 11) is 1.55. The third-order valence-corrected chi connectivity index (χ3v) is 4.83. The fraction of sp³-hybridized carbons (Fsp3) is 0.278. The summed E-state index contributed by atoms with van der Waals surface area (Å²) in [6, 6.07) is 4.71. The molecule has 2 amide bonds. The fourth-order valence-corrected chi connectivity index (χ4v) is 3.45. The topological polar surface area (TPSA) is 98.1 Å². The number of carbonyl (C=O) groups is 1. The van der Waals surface area contributed by atoms with Crippen molar-refractivity contribution in [1.29, 1.82) is 0 Å². The number of nitrogens with one attached hydrogen (secondary N) is 1. The summed E-state index contributed by atoms with van der Waals surface area (Å²) in [6.45, 7) is 2.40. The molecule has 1 aliphatic rings. The minimum absolute atomic E-state index is 0.237. The van der Waals surface area contributed by atoms with Gasteiger partial charge < -0.3 is 10.1 Å². The molecular formula is C18H18ClN7O2. The second kappa shape index (κ2) is 7.43. The number of amides is 2. The van der Waals surface area contributed by atoms with Gasteiger partial charge in [0, 0.05) is 25.0 Å². The zero-order valence-electron chi connectivity index (χ0n) is 15.3. The molecule has 2 aromatic heterocycles. The summed E-state index contributed by atoms with van der Waals surface area (Å²) in [5.41, 5.74) is 1.80. The number of hydrogen-bond donors (Lipinski definition) is 1. The van der Waals surface area contributed by atoms with Crippen LogP contribution < -0.4 is 15.0 Å². The number of rotatable bonds is 4. The number of methoxy groups -OCH3 is 1. The molecule has 28 heavy (non-hydrogen) atoms. The maximum Gasteiger partial charge on any atom is 0.322 e. The number of urea groups is 1. The Kier molecular flexibility index (Phi) is 4.82. The average molecular weight is 400 g/mol. The van der Waals surface area contributed by atoms with Gasteiger partial charge in [-0.2, -0.15) is 9.78 Å². The second-order valence-corrected chi connectivity index (χ2v) is 6.67. The number of halogens is 1. The van der Waals surface area contributed by atoms with Crippen LogP contribution in [0.25, 0.3) is 5.95 Å². The van der Waals surface area contributed by atoms with Crippen molar-refractivity contribution in [1.82, 2.24) is 30.0 Å². The molecule has 0 radical (unpaired) electrons. The molecule has 0 saturated heterocycles. The predicted octanol–water partition coefficient (Wildman–Crippen LogP) is 2.55. The largest absolute Gasteiger partial charge is 0.495 e. The molecule has 10 heteroatoms. The molecule has 1 atom stereocenters. The lowest BCUT2D eigenvalue weighted by molar-refractivity contribution is 0.243. The lowest BCUT2D eigenvalue weighted by Crippen LogP contribution is -2.40. The summed E-state index contributed by atoms with van der Waals surface area (Å²) in [4.78, 5) is 27.2. The van der Waals surface area contributed by atoms with Crippen LogP contribution in [0.2, 0.25) is 5.02 Å². The SMILES string of the molecule is COc1cc2c(cc1Cl)CCN2C(=O)N[C@@H](C)c1ncnn1-c1ncccn1. The van der Waals surface area contributed by atoms with Crippen molar-refractivity contribution in [3.63, 3.8) is 0 Å². The van der Waals surface area contributed by atoms with Gasteiger partial charge in [-0.05, 0) is 31.0 Å². The van der Waals surface area contributed by atoms with Crippen molar-refractivity contribution in [2.75, 3.05) is 18.6 Å². The third kappa shape index (κ3) is 3.24. The summed E-state index contributed by atoms with van der Waals surface area (Å²) in [5, 5.41) is 7.66. The van der Waals surface area contributed by atoms with Crippen LogP contribution in [0.3, 0.4) is 0 Å². The number of aromatic nitrogens is 5. The first-order chi connectivity index (χ1) is 13.6. The number of hydrogen-bond acceptors (Lipinski definition) is 6. The molecule has 3 heterocycles. The number of nitrogens with zero attached hydrogens (tertiary/aromatic N) is 6. The van der Waals surface area contributed by atoms with E-state index in [0.717, 1.165) is 17.7 Å². The van der Waals surface area contributed by atoms with E-state index in [-0.39, 0.29) is 6.03 Å². The van der Waals surface area contributed by atoms with Crippen molar-refractivity contribution < 1.29 is 9.53 Å². The van der Waals surface area contributed by atoms with Crippen LogP contribution in [0.1, 0.15) is 24.4 Å². The zero-order valence-corrected chi connectivity index (χ0v) is 16.1. The van der Waals surface area contributed by atoms with E-state index in [1.165, 1.54) is 11.0 Å². The highest BCUT2D eigenvalue weighted by Gasteiger charge is 2.28. The Balaban J connectivity index is 1.54. The van der Waals surface area contributed by atoms with Gasteiger partial charge in [0.15, 0.2) is 5.82 Å². The Morgan fingerprint density at radius 2 is 2.07 bits per heavy atom. The normalized spacial score (nSPS) is 13.9. The number of carbonyl (C=O) groups excluding carboxylic acids is 1. The monoisotopic (exact) mass is 399 g/mol. The number of ether oxygens (including phenoxy) is 1. The minimum atomic E-state index is -0.406. The first-order valence-corrected chi connectivity index (χ1v) is 9.08. The molecular weight excluding hydrogens is 382 g/mol. The van der Waals surface area contributed by atoms with Gasteiger partial charge in [-0.1, -0.05) is 11.6 Å². The maximum atomic E-state index is 12.9. The standard InChI is InChI=1S/C18H18ClN7O2/c1-11(16-22-10-23-26(16)17-20-5-3-6-21-17)24-18(27)25-7-4-12-8-13(19)15(28-2)9-14(12)25/h3,5-6,8-11H,4,7H2,1-2H3,(H,24,27)/t11-/m0/s1. The van der Waals surface area contributed by atoms with Gasteiger partial charge in [-0.25, -0.2) is 19.7 Å². The molecule has 0 fully saturated rings. The zero-order chi connectivity index (χ0) is 19.7. The molecule has 0 unspecified atom stereocenters. The van der Waals surface area contributed by atoms with Crippen molar-refractivity contribution in [2.24, 2.45) is 0 Å². The molecule has 1 aromatic carbocycles. The molecule has 0 bridgehead atoms. The highest BCUT2D eigenvalue weighted by molar-refractivity contribution is 6.32. The van der Waals surface area contributed by atoms with Crippen LogP contribution in [0.15, 0.2) is 36.9 Å². The van der Waals surface area contributed by atoms with Gasteiger partial charge in [0.25, 0.3) is 5.95 Å². The molecule has 1 aliphatic heterocycles. The molecule has 0 aliphatic carbocycles. The molecule has 0 saturated carbocycles. The van der Waals surface area contributed by atoms with Crippen molar-refractivity contribution in [2.45, 2.75) is 19.4 Å². The van der Waals surface area contributed by atoms with E-state index in [1.54, 1.807) is 36.5 Å². The van der Waals surface area contributed by atoms with Gasteiger partial charge in [0.2, 0.25) is 0 Å².